The maximum atomic E-state index is 12.4. The van der Waals surface area contributed by atoms with Gasteiger partial charge in [0.25, 0.3) is 5.91 Å². The maximum Gasteiger partial charge on any atom is 0.273 e. The number of carbonyl (C=O) groups is 1. The molecule has 0 spiro atoms. The van der Waals surface area contributed by atoms with E-state index in [2.05, 4.69) is 32.8 Å². The van der Waals surface area contributed by atoms with Crippen molar-refractivity contribution in [3.05, 3.63) is 11.4 Å². The van der Waals surface area contributed by atoms with Gasteiger partial charge in [0, 0.05) is 6.54 Å². The molecule has 2 aliphatic rings. The van der Waals surface area contributed by atoms with Crippen LogP contribution in [0.5, 0.6) is 0 Å². The second-order valence-corrected chi connectivity index (χ2v) is 7.94. The van der Waals surface area contributed by atoms with E-state index >= 15 is 0 Å². The molecule has 9 heteroatoms. The van der Waals surface area contributed by atoms with Gasteiger partial charge in [0.2, 0.25) is 0 Å². The topological polar surface area (TPSA) is 75.1 Å². The van der Waals surface area contributed by atoms with Crippen LogP contribution in [0.4, 0.5) is 0 Å². The van der Waals surface area contributed by atoms with E-state index in [1.807, 2.05) is 11.6 Å². The van der Waals surface area contributed by atoms with Crippen molar-refractivity contribution in [3.63, 3.8) is 0 Å². The minimum absolute atomic E-state index is 0. The van der Waals surface area contributed by atoms with Crippen LogP contribution in [-0.4, -0.2) is 65.1 Å². The first-order valence-electron chi connectivity index (χ1n) is 10.3. The Bertz CT molecular complexity index is 583. The van der Waals surface area contributed by atoms with E-state index in [9.17, 15) is 4.79 Å². The highest BCUT2D eigenvalue weighted by atomic mass is 35.5. The van der Waals surface area contributed by atoms with Gasteiger partial charge in [0.05, 0.1) is 11.7 Å². The molecule has 1 aromatic heterocycles. The van der Waals surface area contributed by atoms with Gasteiger partial charge in [-0.3, -0.25) is 4.79 Å². The lowest BCUT2D eigenvalue weighted by Crippen LogP contribution is -2.34. The molecule has 0 aliphatic carbocycles. The van der Waals surface area contributed by atoms with Crippen molar-refractivity contribution in [1.82, 2.24) is 30.5 Å². The number of piperidine rings is 2. The van der Waals surface area contributed by atoms with Crippen LogP contribution in [0.1, 0.15) is 67.7 Å². The van der Waals surface area contributed by atoms with E-state index in [1.165, 1.54) is 25.9 Å². The van der Waals surface area contributed by atoms with Crippen LogP contribution in [0.15, 0.2) is 0 Å². The fourth-order valence-corrected chi connectivity index (χ4v) is 3.98. The number of aromatic nitrogens is 3. The summed E-state index contributed by atoms with van der Waals surface area (Å²) >= 11 is 0. The molecule has 0 atom stereocenters. The van der Waals surface area contributed by atoms with Gasteiger partial charge in [-0.2, -0.15) is 0 Å². The number of nitrogens with one attached hydrogen (secondary N) is 2. The highest BCUT2D eigenvalue weighted by Gasteiger charge is 2.22. The lowest BCUT2D eigenvalue weighted by atomic mass is 9.99. The highest BCUT2D eigenvalue weighted by Crippen LogP contribution is 2.20. The fourth-order valence-electron chi connectivity index (χ4n) is 3.98. The first kappa shape index (κ1) is 25.1. The lowest BCUT2D eigenvalue weighted by molar-refractivity contribution is 0.0946. The number of rotatable bonds is 7. The van der Waals surface area contributed by atoms with Gasteiger partial charge in [-0.15, -0.1) is 29.9 Å². The molecule has 1 amide bonds. The average molecular weight is 435 g/mol. The second kappa shape index (κ2) is 12.6. The Balaban J connectivity index is 0.00000196. The predicted molar refractivity (Wildman–Crippen MR) is 117 cm³/mol. The number of likely N-dealkylation sites (tertiary alicyclic amines) is 1. The van der Waals surface area contributed by atoms with Crippen molar-refractivity contribution >= 4 is 30.7 Å². The minimum atomic E-state index is -0.0884. The molecule has 28 heavy (non-hydrogen) atoms. The van der Waals surface area contributed by atoms with E-state index in [0.717, 1.165) is 56.9 Å². The summed E-state index contributed by atoms with van der Waals surface area (Å²) in [4.78, 5) is 15.0. The molecule has 1 aromatic rings. The van der Waals surface area contributed by atoms with Crippen LogP contribution in [-0.2, 0) is 0 Å². The zero-order chi connectivity index (χ0) is 18.4. The van der Waals surface area contributed by atoms with Crippen LogP contribution in [0, 0.1) is 12.8 Å². The molecule has 0 saturated carbocycles. The minimum Gasteiger partial charge on any atom is -0.351 e. The number of amides is 1. The summed E-state index contributed by atoms with van der Waals surface area (Å²) in [5.74, 6) is 0.793. The zero-order valence-corrected chi connectivity index (χ0v) is 18.8. The van der Waals surface area contributed by atoms with E-state index in [0.29, 0.717) is 18.3 Å². The van der Waals surface area contributed by atoms with Gasteiger partial charge in [0.15, 0.2) is 5.69 Å². The standard InChI is InChI=1S/C19H34N6O.2ClH/c1-15-7-13-24(14-8-15)12-4-3-9-21-19(26)18-16(2)25(23-22-18)17-5-10-20-11-6-17;;/h15,17,20H,3-14H2,1-2H3,(H,21,26);2*1H. The summed E-state index contributed by atoms with van der Waals surface area (Å²) in [5.41, 5.74) is 1.37. The number of halogens is 2. The quantitative estimate of drug-likeness (QED) is 0.644. The first-order valence-corrected chi connectivity index (χ1v) is 10.3. The van der Waals surface area contributed by atoms with Crippen molar-refractivity contribution in [3.8, 4) is 0 Å². The SMILES string of the molecule is Cc1c(C(=O)NCCCCN2CCC(C)CC2)nnn1C1CCNCC1.Cl.Cl. The van der Waals surface area contributed by atoms with Crippen molar-refractivity contribution in [2.45, 2.75) is 58.4 Å². The maximum absolute atomic E-state index is 12.4. The average Bonchev–Trinajstić information content (AvgIpc) is 3.05. The normalized spacial score (nSPS) is 18.9. The van der Waals surface area contributed by atoms with Crippen LogP contribution in [0.2, 0.25) is 0 Å². The Morgan fingerprint density at radius 1 is 1.14 bits per heavy atom. The summed E-state index contributed by atoms with van der Waals surface area (Å²) in [5, 5.41) is 14.8. The van der Waals surface area contributed by atoms with Gasteiger partial charge >= 0.3 is 0 Å². The predicted octanol–water partition coefficient (Wildman–Crippen LogP) is 2.60. The second-order valence-electron chi connectivity index (χ2n) is 7.94. The molecular formula is C19H36Cl2N6O. The molecule has 2 N–H and O–H groups in total. The van der Waals surface area contributed by atoms with Crippen LogP contribution in [0.3, 0.4) is 0 Å². The summed E-state index contributed by atoms with van der Waals surface area (Å²) in [6, 6.07) is 0.359. The molecule has 0 radical (unpaired) electrons. The molecule has 3 rings (SSSR count). The Hall–Kier alpha value is -0.890. The number of carbonyl (C=O) groups excluding carboxylic acids is 1. The highest BCUT2D eigenvalue weighted by molar-refractivity contribution is 5.93. The molecule has 2 saturated heterocycles. The van der Waals surface area contributed by atoms with Gasteiger partial charge in [-0.25, -0.2) is 4.68 Å². The number of nitrogens with zero attached hydrogens (tertiary/aromatic N) is 4. The Labute approximate surface area is 181 Å². The molecule has 7 nitrogen and oxygen atoms in total. The third-order valence-corrected chi connectivity index (χ3v) is 5.86. The first-order chi connectivity index (χ1) is 12.6. The molecule has 3 heterocycles. The van der Waals surface area contributed by atoms with E-state index < -0.39 is 0 Å². The molecule has 162 valence electrons. The Kier molecular flexibility index (Phi) is 11.3. The van der Waals surface area contributed by atoms with Crippen molar-refractivity contribution in [1.29, 1.82) is 0 Å². The van der Waals surface area contributed by atoms with Gasteiger partial charge in [-0.1, -0.05) is 12.1 Å². The summed E-state index contributed by atoms with van der Waals surface area (Å²) in [7, 11) is 0. The molecule has 2 fully saturated rings. The summed E-state index contributed by atoms with van der Waals surface area (Å²) in [6.45, 7) is 10.6. The number of hydrogen-bond donors (Lipinski definition) is 2. The van der Waals surface area contributed by atoms with Crippen LogP contribution < -0.4 is 10.6 Å². The van der Waals surface area contributed by atoms with Gasteiger partial charge < -0.3 is 15.5 Å². The van der Waals surface area contributed by atoms with E-state index in [1.54, 1.807) is 0 Å². The molecule has 2 aliphatic heterocycles. The van der Waals surface area contributed by atoms with E-state index in [-0.39, 0.29) is 30.7 Å². The van der Waals surface area contributed by atoms with Crippen LogP contribution in [0.25, 0.3) is 0 Å². The van der Waals surface area contributed by atoms with Crippen molar-refractivity contribution in [2.24, 2.45) is 5.92 Å². The molecule has 0 unspecified atom stereocenters. The number of unbranched alkanes of at least 4 members (excludes halogenated alkanes) is 1. The van der Waals surface area contributed by atoms with Crippen LogP contribution >= 0.6 is 24.8 Å². The van der Waals surface area contributed by atoms with E-state index in [4.69, 9.17) is 0 Å². The molecule has 0 bridgehead atoms. The monoisotopic (exact) mass is 434 g/mol. The third-order valence-electron chi connectivity index (χ3n) is 5.86. The lowest BCUT2D eigenvalue weighted by Gasteiger charge is -2.30. The smallest absolute Gasteiger partial charge is 0.273 e. The summed E-state index contributed by atoms with van der Waals surface area (Å²) in [6.07, 6.45) is 6.88. The third kappa shape index (κ3) is 6.87. The van der Waals surface area contributed by atoms with Gasteiger partial charge in [-0.05, 0) is 84.1 Å². The zero-order valence-electron chi connectivity index (χ0n) is 17.2. The largest absolute Gasteiger partial charge is 0.351 e. The Morgan fingerprint density at radius 3 is 2.50 bits per heavy atom. The fraction of sp³-hybridized carbons (Fsp3) is 0.842. The van der Waals surface area contributed by atoms with Crippen molar-refractivity contribution in [2.75, 3.05) is 39.3 Å². The van der Waals surface area contributed by atoms with Crippen molar-refractivity contribution < 1.29 is 4.79 Å². The van der Waals surface area contributed by atoms with Gasteiger partial charge in [0.1, 0.15) is 0 Å². The Morgan fingerprint density at radius 2 is 1.82 bits per heavy atom. The summed E-state index contributed by atoms with van der Waals surface area (Å²) < 4.78 is 1.94. The molecular weight excluding hydrogens is 399 g/mol. The molecule has 0 aromatic carbocycles. The number of hydrogen-bond acceptors (Lipinski definition) is 5.